The van der Waals surface area contributed by atoms with E-state index in [0.29, 0.717) is 12.0 Å². The highest BCUT2D eigenvalue weighted by Crippen LogP contribution is 2.25. The second kappa shape index (κ2) is 6.59. The Kier molecular flexibility index (Phi) is 5.07. The highest BCUT2D eigenvalue weighted by Gasteiger charge is 2.15. The van der Waals surface area contributed by atoms with Gasteiger partial charge in [0.2, 0.25) is 0 Å². The number of pyridine rings is 1. The molecule has 1 heterocycles. The van der Waals surface area contributed by atoms with Crippen molar-refractivity contribution in [3.05, 3.63) is 62.5 Å². The van der Waals surface area contributed by atoms with E-state index in [1.54, 1.807) is 18.5 Å². The van der Waals surface area contributed by atoms with Crippen LogP contribution in [-0.2, 0) is 6.42 Å². The monoisotopic (exact) mass is 386 g/mol. The molecule has 2 nitrogen and oxygen atoms in total. The zero-order chi connectivity index (χ0) is 13.8. The summed E-state index contributed by atoms with van der Waals surface area (Å²) in [6.45, 7) is 0. The Morgan fingerprint density at radius 2 is 2.00 bits per heavy atom. The maximum Gasteiger partial charge on any atom is 0.128 e. The number of nitrogens with one attached hydrogen (secondary N) is 1. The average Bonchev–Trinajstić information content (AvgIpc) is 2.39. The van der Waals surface area contributed by atoms with Gasteiger partial charge in [0.1, 0.15) is 5.82 Å². The van der Waals surface area contributed by atoms with Gasteiger partial charge in [0.25, 0.3) is 0 Å². The van der Waals surface area contributed by atoms with Gasteiger partial charge in [0.05, 0.1) is 0 Å². The summed E-state index contributed by atoms with van der Waals surface area (Å²) in [7, 11) is 1.83. The molecule has 0 spiro atoms. The van der Waals surface area contributed by atoms with E-state index in [2.05, 4.69) is 42.2 Å². The summed E-state index contributed by atoms with van der Waals surface area (Å²) < 4.78 is 15.7. The fourth-order valence-electron chi connectivity index (χ4n) is 1.95. The molecule has 0 saturated heterocycles. The van der Waals surface area contributed by atoms with Gasteiger partial charge in [0.15, 0.2) is 0 Å². The number of likely N-dealkylation sites (N-methyl/N-ethyl adjacent to an activating group) is 1. The van der Waals surface area contributed by atoms with Gasteiger partial charge in [-0.1, -0.05) is 15.9 Å². The van der Waals surface area contributed by atoms with Crippen molar-refractivity contribution in [2.45, 2.75) is 12.5 Å². The first-order valence-electron chi connectivity index (χ1n) is 5.82. The van der Waals surface area contributed by atoms with Crippen LogP contribution >= 0.6 is 31.9 Å². The molecule has 100 valence electrons. The Morgan fingerprint density at radius 3 is 2.68 bits per heavy atom. The Bertz CT molecular complexity index is 575. The molecule has 5 heteroatoms. The van der Waals surface area contributed by atoms with Crippen LogP contribution in [0.2, 0.25) is 0 Å². The molecule has 0 fully saturated rings. The standard InChI is InChI=1S/C14H13Br2FN2/c1-18-14(5-9-4-11(16)8-19-7-9)12-6-10(15)2-3-13(12)17/h2-4,6-8,14,18H,5H2,1H3. The molecule has 1 aromatic carbocycles. The second-order valence-electron chi connectivity index (χ2n) is 4.22. The predicted octanol–water partition coefficient (Wildman–Crippen LogP) is 4.25. The Hall–Kier alpha value is -0.780. The van der Waals surface area contributed by atoms with Crippen molar-refractivity contribution in [3.8, 4) is 0 Å². The van der Waals surface area contributed by atoms with Gasteiger partial charge in [-0.15, -0.1) is 0 Å². The predicted molar refractivity (Wildman–Crippen MR) is 81.5 cm³/mol. The maximum atomic E-state index is 13.9. The molecule has 0 aliphatic heterocycles. The van der Waals surface area contributed by atoms with Crippen molar-refractivity contribution in [1.29, 1.82) is 0 Å². The first-order chi connectivity index (χ1) is 9.10. The SMILES string of the molecule is CNC(Cc1cncc(Br)c1)c1cc(Br)ccc1F. The second-order valence-corrected chi connectivity index (χ2v) is 6.05. The van der Waals surface area contributed by atoms with Crippen LogP contribution < -0.4 is 5.32 Å². The smallest absolute Gasteiger partial charge is 0.128 e. The van der Waals surface area contributed by atoms with Gasteiger partial charge in [-0.3, -0.25) is 4.98 Å². The fourth-order valence-corrected chi connectivity index (χ4v) is 2.74. The summed E-state index contributed by atoms with van der Waals surface area (Å²) >= 11 is 6.77. The molecule has 0 bridgehead atoms. The van der Waals surface area contributed by atoms with Gasteiger partial charge >= 0.3 is 0 Å². The number of nitrogens with zero attached hydrogens (tertiary/aromatic N) is 1. The highest BCUT2D eigenvalue weighted by atomic mass is 79.9. The molecule has 2 rings (SSSR count). The average molecular weight is 388 g/mol. The third-order valence-electron chi connectivity index (χ3n) is 2.88. The van der Waals surface area contributed by atoms with Crippen LogP contribution in [0, 0.1) is 5.82 Å². The summed E-state index contributed by atoms with van der Waals surface area (Å²) in [4.78, 5) is 4.13. The Morgan fingerprint density at radius 1 is 1.21 bits per heavy atom. The minimum atomic E-state index is -0.203. The van der Waals surface area contributed by atoms with Crippen molar-refractivity contribution < 1.29 is 4.39 Å². The molecule has 1 unspecified atom stereocenters. The maximum absolute atomic E-state index is 13.9. The van der Waals surface area contributed by atoms with E-state index in [-0.39, 0.29) is 11.9 Å². The molecule has 2 aromatic rings. The summed E-state index contributed by atoms with van der Waals surface area (Å²) in [6, 6.07) is 6.89. The Balaban J connectivity index is 2.27. The summed E-state index contributed by atoms with van der Waals surface area (Å²) in [5.74, 6) is -0.203. The highest BCUT2D eigenvalue weighted by molar-refractivity contribution is 9.10. The summed E-state index contributed by atoms with van der Waals surface area (Å²) in [5.41, 5.74) is 1.70. The molecule has 1 N–H and O–H groups in total. The zero-order valence-corrected chi connectivity index (χ0v) is 13.5. The molecule has 0 aliphatic carbocycles. The van der Waals surface area contributed by atoms with Gasteiger partial charge in [0, 0.05) is 32.9 Å². The lowest BCUT2D eigenvalue weighted by molar-refractivity contribution is 0.533. The van der Waals surface area contributed by atoms with Gasteiger partial charge in [-0.25, -0.2) is 4.39 Å². The molecule has 19 heavy (non-hydrogen) atoms. The Labute approximate surface area is 128 Å². The number of hydrogen-bond donors (Lipinski definition) is 1. The molecular weight excluding hydrogens is 375 g/mol. The first kappa shape index (κ1) is 14.6. The third-order valence-corrected chi connectivity index (χ3v) is 3.81. The van der Waals surface area contributed by atoms with E-state index in [0.717, 1.165) is 14.5 Å². The van der Waals surface area contributed by atoms with E-state index in [4.69, 9.17) is 0 Å². The quantitative estimate of drug-likeness (QED) is 0.848. The molecular formula is C14H13Br2FN2. The number of aromatic nitrogens is 1. The van der Waals surface area contributed by atoms with Crippen LogP contribution in [0.3, 0.4) is 0 Å². The first-order valence-corrected chi connectivity index (χ1v) is 7.40. The van der Waals surface area contributed by atoms with E-state index in [9.17, 15) is 4.39 Å². The van der Waals surface area contributed by atoms with Crippen molar-refractivity contribution in [2.75, 3.05) is 7.05 Å². The van der Waals surface area contributed by atoms with Crippen LogP contribution in [-0.4, -0.2) is 12.0 Å². The largest absolute Gasteiger partial charge is 0.313 e. The van der Waals surface area contributed by atoms with Gasteiger partial charge < -0.3 is 5.32 Å². The molecule has 0 aliphatic rings. The van der Waals surface area contributed by atoms with E-state index >= 15 is 0 Å². The van der Waals surface area contributed by atoms with Gasteiger partial charge in [-0.05, 0) is 59.2 Å². The molecule has 0 amide bonds. The van der Waals surface area contributed by atoms with Crippen molar-refractivity contribution in [2.24, 2.45) is 0 Å². The molecule has 0 radical (unpaired) electrons. The zero-order valence-electron chi connectivity index (χ0n) is 10.3. The number of hydrogen-bond acceptors (Lipinski definition) is 2. The van der Waals surface area contributed by atoms with Crippen molar-refractivity contribution in [1.82, 2.24) is 10.3 Å². The van der Waals surface area contributed by atoms with E-state index < -0.39 is 0 Å². The number of rotatable bonds is 4. The van der Waals surface area contributed by atoms with Gasteiger partial charge in [-0.2, -0.15) is 0 Å². The molecule has 1 atom stereocenters. The molecule has 0 saturated carbocycles. The summed E-state index contributed by atoms with van der Waals surface area (Å²) in [5, 5.41) is 3.15. The third kappa shape index (κ3) is 3.84. The summed E-state index contributed by atoms with van der Waals surface area (Å²) in [6.07, 6.45) is 4.21. The van der Waals surface area contributed by atoms with Crippen LogP contribution in [0.1, 0.15) is 17.2 Å². The lowest BCUT2D eigenvalue weighted by atomic mass is 9.99. The number of halogens is 3. The minimum absolute atomic E-state index is 0.0893. The van der Waals surface area contributed by atoms with Crippen LogP contribution in [0.4, 0.5) is 4.39 Å². The normalized spacial score (nSPS) is 12.4. The van der Waals surface area contributed by atoms with E-state index in [1.165, 1.54) is 6.07 Å². The fraction of sp³-hybridized carbons (Fsp3) is 0.214. The lowest BCUT2D eigenvalue weighted by Gasteiger charge is -2.18. The van der Waals surface area contributed by atoms with Crippen LogP contribution in [0.5, 0.6) is 0 Å². The van der Waals surface area contributed by atoms with Crippen molar-refractivity contribution >= 4 is 31.9 Å². The van der Waals surface area contributed by atoms with Crippen LogP contribution in [0.15, 0.2) is 45.6 Å². The van der Waals surface area contributed by atoms with Crippen LogP contribution in [0.25, 0.3) is 0 Å². The lowest BCUT2D eigenvalue weighted by Crippen LogP contribution is -2.20. The van der Waals surface area contributed by atoms with Crippen molar-refractivity contribution in [3.63, 3.8) is 0 Å². The topological polar surface area (TPSA) is 24.9 Å². The van der Waals surface area contributed by atoms with E-state index in [1.807, 2.05) is 19.2 Å². The molecule has 1 aromatic heterocycles. The number of benzene rings is 1. The minimum Gasteiger partial charge on any atom is -0.313 e.